The third-order valence-electron chi connectivity index (χ3n) is 7.34. The summed E-state index contributed by atoms with van der Waals surface area (Å²) in [4.78, 5) is 24.2. The summed E-state index contributed by atoms with van der Waals surface area (Å²) in [6.07, 6.45) is 3.55. The van der Waals surface area contributed by atoms with E-state index in [0.29, 0.717) is 30.9 Å². The van der Waals surface area contributed by atoms with Gasteiger partial charge < -0.3 is 14.5 Å². The van der Waals surface area contributed by atoms with Crippen LogP contribution in [0.5, 0.6) is 5.75 Å². The highest BCUT2D eigenvalue weighted by Gasteiger charge is 2.49. The number of aromatic nitrogens is 1. The van der Waals surface area contributed by atoms with Crippen LogP contribution in [0.4, 0.5) is 15.9 Å². The minimum absolute atomic E-state index is 0.0452. The molecule has 6 nitrogen and oxygen atoms in total. The molecule has 8 heteroatoms. The van der Waals surface area contributed by atoms with Crippen LogP contribution in [-0.4, -0.2) is 53.6 Å². The second-order valence-electron chi connectivity index (χ2n) is 9.41. The molecule has 0 aliphatic carbocycles. The molecular weight excluding hydrogens is 467 g/mol. The molecule has 0 N–H and O–H groups in total. The number of benzene rings is 2. The molecule has 1 amide bonds. The maximum absolute atomic E-state index is 13.9. The van der Waals surface area contributed by atoms with Gasteiger partial charge in [-0.05, 0) is 48.7 Å². The van der Waals surface area contributed by atoms with Crippen LogP contribution >= 0.6 is 11.6 Å². The van der Waals surface area contributed by atoms with E-state index in [9.17, 15) is 9.18 Å². The number of nitrogens with zero attached hydrogens (tertiary/aromatic N) is 4. The van der Waals surface area contributed by atoms with Crippen molar-refractivity contribution in [3.63, 3.8) is 0 Å². The lowest BCUT2D eigenvalue weighted by Crippen LogP contribution is -2.53. The number of fused-ring (bicyclic) bond motifs is 2. The van der Waals surface area contributed by atoms with E-state index in [2.05, 4.69) is 14.8 Å². The quantitative estimate of drug-likeness (QED) is 0.506. The fraction of sp³-hybridized carbons (Fsp3) is 0.333. The predicted octanol–water partition coefficient (Wildman–Crippen LogP) is 4.52. The summed E-state index contributed by atoms with van der Waals surface area (Å²) in [7, 11) is 0. The van der Waals surface area contributed by atoms with Gasteiger partial charge in [-0.1, -0.05) is 41.9 Å². The van der Waals surface area contributed by atoms with Crippen LogP contribution in [0.15, 0.2) is 66.9 Å². The van der Waals surface area contributed by atoms with Gasteiger partial charge in [0.05, 0.1) is 17.3 Å². The lowest BCUT2D eigenvalue weighted by Gasteiger charge is -2.37. The van der Waals surface area contributed by atoms with Crippen molar-refractivity contribution >= 4 is 29.0 Å². The topological polar surface area (TPSA) is 48.9 Å². The van der Waals surface area contributed by atoms with Gasteiger partial charge in [-0.3, -0.25) is 9.69 Å². The van der Waals surface area contributed by atoms with Crippen LogP contribution in [0.3, 0.4) is 0 Å². The molecule has 2 aromatic carbocycles. The molecule has 4 heterocycles. The lowest BCUT2D eigenvalue weighted by molar-refractivity contribution is -0.122. The Labute approximate surface area is 208 Å². The molecular formula is C27H26ClFN4O2. The predicted molar refractivity (Wildman–Crippen MR) is 133 cm³/mol. The Kier molecular flexibility index (Phi) is 5.82. The van der Waals surface area contributed by atoms with Gasteiger partial charge in [-0.25, -0.2) is 9.37 Å². The van der Waals surface area contributed by atoms with Crippen molar-refractivity contribution in [2.45, 2.75) is 37.6 Å². The third kappa shape index (κ3) is 4.23. The van der Waals surface area contributed by atoms with Crippen molar-refractivity contribution < 1.29 is 13.9 Å². The third-order valence-corrected chi connectivity index (χ3v) is 7.65. The molecule has 3 saturated heterocycles. The number of ether oxygens (including phenoxy) is 1. The first-order valence-corrected chi connectivity index (χ1v) is 12.4. The summed E-state index contributed by atoms with van der Waals surface area (Å²) in [5.74, 6) is 1.24. The zero-order chi connectivity index (χ0) is 23.9. The standard InChI is InChI=1S/C27H26ClFN4O2/c28-23-8-6-19(13-24(23)29)31-11-10-25(27(31)34)32-15-21-12-20(32)16-33(21)26-9-7-22(14-30-26)35-17-18-4-2-1-3-5-18/h1-9,13-14,20-21,25H,10-12,15-17H2/t20-,21-,25+/m0/s1. The van der Waals surface area contributed by atoms with Crippen LogP contribution < -0.4 is 14.5 Å². The molecule has 2 bridgehead atoms. The van der Waals surface area contributed by atoms with E-state index in [4.69, 9.17) is 16.3 Å². The summed E-state index contributed by atoms with van der Waals surface area (Å²) in [5, 5.41) is 0.0679. The number of amides is 1. The smallest absolute Gasteiger partial charge is 0.244 e. The van der Waals surface area contributed by atoms with Gasteiger partial charge in [0.25, 0.3) is 0 Å². The number of anilines is 2. The zero-order valence-electron chi connectivity index (χ0n) is 19.2. The van der Waals surface area contributed by atoms with Gasteiger partial charge >= 0.3 is 0 Å². The lowest BCUT2D eigenvalue weighted by atomic mass is 10.1. The molecule has 3 fully saturated rings. The van der Waals surface area contributed by atoms with Crippen LogP contribution in [0, 0.1) is 5.82 Å². The van der Waals surface area contributed by atoms with Crippen LogP contribution in [-0.2, 0) is 11.4 Å². The Morgan fingerprint density at radius 3 is 2.63 bits per heavy atom. The van der Waals surface area contributed by atoms with E-state index in [1.807, 2.05) is 42.5 Å². The fourth-order valence-corrected chi connectivity index (χ4v) is 5.73. The Bertz CT molecular complexity index is 1230. The molecule has 0 spiro atoms. The SMILES string of the molecule is O=C1[C@H](N2C[C@@H]3C[C@H]2CN3c2ccc(OCc3ccccc3)cn2)CCN1c1ccc(Cl)c(F)c1. The average molecular weight is 493 g/mol. The Morgan fingerprint density at radius 2 is 1.91 bits per heavy atom. The maximum Gasteiger partial charge on any atom is 0.244 e. The van der Waals surface area contributed by atoms with Crippen LogP contribution in [0.25, 0.3) is 0 Å². The van der Waals surface area contributed by atoms with Crippen molar-refractivity contribution in [2.24, 2.45) is 0 Å². The van der Waals surface area contributed by atoms with Gasteiger partial charge in [-0.15, -0.1) is 0 Å². The molecule has 1 aromatic heterocycles. The Morgan fingerprint density at radius 1 is 1.06 bits per heavy atom. The first-order valence-electron chi connectivity index (χ1n) is 12.0. The van der Waals surface area contributed by atoms with Crippen LogP contribution in [0.2, 0.25) is 5.02 Å². The molecule has 0 saturated carbocycles. The van der Waals surface area contributed by atoms with Crippen LogP contribution in [0.1, 0.15) is 18.4 Å². The minimum Gasteiger partial charge on any atom is -0.487 e. The highest BCUT2D eigenvalue weighted by atomic mass is 35.5. The average Bonchev–Trinajstić information content (AvgIpc) is 3.60. The van der Waals surface area contributed by atoms with E-state index in [1.54, 1.807) is 17.2 Å². The molecule has 3 atom stereocenters. The molecule has 35 heavy (non-hydrogen) atoms. The van der Waals surface area contributed by atoms with Gasteiger partial charge in [0.15, 0.2) is 0 Å². The molecule has 0 radical (unpaired) electrons. The second kappa shape index (κ2) is 9.13. The van der Waals surface area contributed by atoms with Crippen molar-refractivity contribution in [2.75, 3.05) is 29.4 Å². The molecule has 3 aliphatic heterocycles. The highest BCUT2D eigenvalue weighted by molar-refractivity contribution is 6.30. The Hall–Kier alpha value is -3.16. The largest absolute Gasteiger partial charge is 0.487 e. The number of rotatable bonds is 6. The zero-order valence-corrected chi connectivity index (χ0v) is 19.9. The van der Waals surface area contributed by atoms with Crippen molar-refractivity contribution in [3.8, 4) is 5.75 Å². The van der Waals surface area contributed by atoms with E-state index in [-0.39, 0.29) is 17.0 Å². The van der Waals surface area contributed by atoms with E-state index in [0.717, 1.165) is 43.1 Å². The summed E-state index contributed by atoms with van der Waals surface area (Å²) in [5.41, 5.74) is 1.69. The van der Waals surface area contributed by atoms with E-state index in [1.165, 1.54) is 12.1 Å². The van der Waals surface area contributed by atoms with Gasteiger partial charge in [0, 0.05) is 37.4 Å². The number of hydrogen-bond donors (Lipinski definition) is 0. The Balaban J connectivity index is 1.07. The fourth-order valence-electron chi connectivity index (χ4n) is 5.61. The molecule has 180 valence electrons. The monoisotopic (exact) mass is 492 g/mol. The molecule has 0 unspecified atom stereocenters. The van der Waals surface area contributed by atoms with Gasteiger partial charge in [-0.2, -0.15) is 0 Å². The van der Waals surface area contributed by atoms with Gasteiger partial charge in [0.2, 0.25) is 5.91 Å². The van der Waals surface area contributed by atoms with Crippen molar-refractivity contribution in [1.82, 2.24) is 9.88 Å². The number of carbonyl (C=O) groups excluding carboxylic acids is 1. The molecule has 3 aliphatic rings. The summed E-state index contributed by atoms with van der Waals surface area (Å²) in [6.45, 7) is 2.79. The van der Waals surface area contributed by atoms with Crippen molar-refractivity contribution in [3.05, 3.63) is 83.3 Å². The number of pyridine rings is 1. The minimum atomic E-state index is -0.500. The summed E-state index contributed by atoms with van der Waals surface area (Å²) in [6, 6.07) is 19.1. The highest BCUT2D eigenvalue weighted by Crippen LogP contribution is 2.38. The summed E-state index contributed by atoms with van der Waals surface area (Å²) >= 11 is 5.81. The first-order chi connectivity index (χ1) is 17.1. The normalized spacial score (nSPS) is 23.9. The van der Waals surface area contributed by atoms with E-state index >= 15 is 0 Å². The summed E-state index contributed by atoms with van der Waals surface area (Å²) < 4.78 is 19.8. The number of piperazine rings is 1. The maximum atomic E-state index is 13.9. The number of halogens is 2. The number of hydrogen-bond acceptors (Lipinski definition) is 5. The van der Waals surface area contributed by atoms with E-state index < -0.39 is 5.82 Å². The first kappa shape index (κ1) is 22.3. The van der Waals surface area contributed by atoms with Crippen molar-refractivity contribution in [1.29, 1.82) is 0 Å². The molecule has 3 aromatic rings. The number of carbonyl (C=O) groups is 1. The molecule has 6 rings (SSSR count). The second-order valence-corrected chi connectivity index (χ2v) is 9.82. The van der Waals surface area contributed by atoms with Gasteiger partial charge in [0.1, 0.15) is 24.0 Å². The number of likely N-dealkylation sites (tertiary alicyclic amines) is 1.